The summed E-state index contributed by atoms with van der Waals surface area (Å²) in [5, 5.41) is 3.22. The fraction of sp³-hybridized carbons (Fsp3) is 0.400. The van der Waals surface area contributed by atoms with E-state index in [9.17, 15) is 0 Å². The first-order valence-electron chi connectivity index (χ1n) is 2.34. The summed E-state index contributed by atoms with van der Waals surface area (Å²) in [7, 11) is 0. The zero-order valence-electron chi connectivity index (χ0n) is 4.47. The van der Waals surface area contributed by atoms with Crippen molar-refractivity contribution in [1.82, 2.24) is 4.98 Å². The quantitative estimate of drug-likeness (QED) is 0.542. The maximum Gasteiger partial charge on any atom is 0.105 e. The van der Waals surface area contributed by atoms with Crippen molar-refractivity contribution in [2.75, 3.05) is 0 Å². The van der Waals surface area contributed by atoms with Crippen molar-refractivity contribution in [2.45, 2.75) is 10.8 Å². The number of thiazole rings is 1. The first-order chi connectivity index (χ1) is 3.80. The Kier molecular flexibility index (Phi) is 2.25. The summed E-state index contributed by atoms with van der Waals surface area (Å²) >= 11 is 4.07. The summed E-state index contributed by atoms with van der Waals surface area (Å²) in [4.78, 5) is 4.13. The predicted octanol–water partition coefficient (Wildman–Crippen LogP) is 2.64. The van der Waals surface area contributed by atoms with E-state index >= 15 is 0 Å². The summed E-state index contributed by atoms with van der Waals surface area (Å²) in [6.45, 7) is 2.14. The molecule has 0 saturated heterocycles. The average molecular weight is 239 g/mol. The molecule has 44 valence electrons. The van der Waals surface area contributed by atoms with Crippen LogP contribution in [-0.2, 0) is 0 Å². The van der Waals surface area contributed by atoms with Crippen LogP contribution in [0.3, 0.4) is 0 Å². The first kappa shape index (κ1) is 6.48. The van der Waals surface area contributed by atoms with Crippen LogP contribution in [0.1, 0.15) is 15.9 Å². The lowest BCUT2D eigenvalue weighted by atomic mass is 10.5. The van der Waals surface area contributed by atoms with Crippen LogP contribution >= 0.6 is 33.9 Å². The molecule has 0 spiro atoms. The fourth-order valence-corrected chi connectivity index (χ4v) is 1.60. The average Bonchev–Trinajstić information content (AvgIpc) is 2.12. The van der Waals surface area contributed by atoms with Crippen molar-refractivity contribution in [1.29, 1.82) is 0 Å². The van der Waals surface area contributed by atoms with Crippen LogP contribution in [0.25, 0.3) is 0 Å². The molecule has 3 heteroatoms. The summed E-state index contributed by atoms with van der Waals surface area (Å²) < 4.78 is 0.563. The lowest BCUT2D eigenvalue weighted by molar-refractivity contribution is 1.10. The molecular formula is C5H6INS. The highest BCUT2D eigenvalue weighted by Gasteiger charge is 1.99. The number of alkyl halides is 1. The summed E-state index contributed by atoms with van der Waals surface area (Å²) in [5.74, 6) is 0. The third-order valence-corrected chi connectivity index (χ3v) is 2.76. The van der Waals surface area contributed by atoms with Crippen LogP contribution in [-0.4, -0.2) is 4.98 Å². The lowest BCUT2D eigenvalue weighted by Crippen LogP contribution is -1.77. The molecule has 0 fully saturated rings. The molecular weight excluding hydrogens is 233 g/mol. The minimum absolute atomic E-state index is 0.563. The molecule has 0 aliphatic carbocycles. The second-order valence-electron chi connectivity index (χ2n) is 1.49. The van der Waals surface area contributed by atoms with Crippen LogP contribution in [0.5, 0.6) is 0 Å². The number of halogens is 1. The molecule has 1 heterocycles. The zero-order valence-corrected chi connectivity index (χ0v) is 7.44. The van der Waals surface area contributed by atoms with Crippen LogP contribution in [0.2, 0.25) is 0 Å². The minimum atomic E-state index is 0.563. The predicted molar refractivity (Wildman–Crippen MR) is 44.5 cm³/mol. The van der Waals surface area contributed by atoms with Gasteiger partial charge in [-0.2, -0.15) is 0 Å². The van der Waals surface area contributed by atoms with Crippen molar-refractivity contribution < 1.29 is 0 Å². The van der Waals surface area contributed by atoms with E-state index in [1.54, 1.807) is 11.3 Å². The van der Waals surface area contributed by atoms with Gasteiger partial charge in [0.25, 0.3) is 0 Å². The lowest BCUT2D eigenvalue weighted by Gasteiger charge is -1.91. The van der Waals surface area contributed by atoms with Crippen LogP contribution in [0.4, 0.5) is 0 Å². The van der Waals surface area contributed by atoms with Crippen LogP contribution in [0.15, 0.2) is 11.6 Å². The number of nitrogens with zero attached hydrogens (tertiary/aromatic N) is 1. The Labute approximate surface area is 66.3 Å². The molecule has 1 rings (SSSR count). The van der Waals surface area contributed by atoms with Crippen LogP contribution < -0.4 is 0 Å². The Hall–Kier alpha value is 0.360. The Bertz CT molecular complexity index is 147. The summed E-state index contributed by atoms with van der Waals surface area (Å²) in [5.41, 5.74) is 0. The number of aromatic nitrogens is 1. The summed E-state index contributed by atoms with van der Waals surface area (Å²) in [6, 6.07) is 0. The molecule has 1 atom stereocenters. The normalized spacial score (nSPS) is 13.8. The van der Waals surface area contributed by atoms with Gasteiger partial charge in [-0.05, 0) is 6.92 Å². The van der Waals surface area contributed by atoms with E-state index in [1.165, 1.54) is 5.01 Å². The third-order valence-electron chi connectivity index (χ3n) is 0.792. The smallest absolute Gasteiger partial charge is 0.105 e. The molecule has 0 radical (unpaired) electrons. The van der Waals surface area contributed by atoms with E-state index in [0.29, 0.717) is 3.92 Å². The highest BCUT2D eigenvalue weighted by molar-refractivity contribution is 14.1. The van der Waals surface area contributed by atoms with Gasteiger partial charge in [0, 0.05) is 11.6 Å². The Morgan fingerprint density at radius 1 is 1.88 bits per heavy atom. The highest BCUT2D eigenvalue weighted by Crippen LogP contribution is 2.23. The number of hydrogen-bond acceptors (Lipinski definition) is 2. The van der Waals surface area contributed by atoms with Gasteiger partial charge >= 0.3 is 0 Å². The molecule has 0 saturated carbocycles. The second kappa shape index (κ2) is 2.77. The molecule has 0 aromatic carbocycles. The minimum Gasteiger partial charge on any atom is -0.249 e. The van der Waals surface area contributed by atoms with E-state index in [0.717, 1.165) is 0 Å². The Morgan fingerprint density at radius 3 is 2.88 bits per heavy atom. The van der Waals surface area contributed by atoms with Crippen molar-refractivity contribution in [3.8, 4) is 0 Å². The molecule has 0 aliphatic rings. The fourth-order valence-electron chi connectivity index (χ4n) is 0.431. The molecule has 8 heavy (non-hydrogen) atoms. The third kappa shape index (κ3) is 1.42. The Morgan fingerprint density at radius 2 is 2.62 bits per heavy atom. The molecule has 0 N–H and O–H groups in total. The van der Waals surface area contributed by atoms with Gasteiger partial charge in [-0.3, -0.25) is 0 Å². The van der Waals surface area contributed by atoms with Crippen molar-refractivity contribution in [3.63, 3.8) is 0 Å². The highest BCUT2D eigenvalue weighted by atomic mass is 127. The van der Waals surface area contributed by atoms with Crippen molar-refractivity contribution >= 4 is 33.9 Å². The number of hydrogen-bond donors (Lipinski definition) is 0. The standard InChI is InChI=1S/C5H6INS/c1-4(6)5-7-2-3-8-5/h2-4H,1H3. The zero-order chi connectivity index (χ0) is 5.98. The molecule has 1 aromatic heterocycles. The largest absolute Gasteiger partial charge is 0.249 e. The first-order valence-corrected chi connectivity index (χ1v) is 4.46. The molecule has 0 amide bonds. The van der Waals surface area contributed by atoms with Gasteiger partial charge in [0.15, 0.2) is 0 Å². The molecule has 0 bridgehead atoms. The summed E-state index contributed by atoms with van der Waals surface area (Å²) in [6.07, 6.45) is 1.84. The van der Waals surface area contributed by atoms with Gasteiger partial charge in [-0.1, -0.05) is 22.6 Å². The van der Waals surface area contributed by atoms with Gasteiger partial charge in [0.05, 0.1) is 3.92 Å². The number of rotatable bonds is 1. The second-order valence-corrected chi connectivity index (χ2v) is 4.28. The van der Waals surface area contributed by atoms with Gasteiger partial charge in [-0.25, -0.2) is 4.98 Å². The van der Waals surface area contributed by atoms with E-state index in [4.69, 9.17) is 0 Å². The van der Waals surface area contributed by atoms with Gasteiger partial charge in [0.1, 0.15) is 5.01 Å². The Balaban J connectivity index is 2.77. The molecule has 1 nitrogen and oxygen atoms in total. The maximum atomic E-state index is 4.13. The van der Waals surface area contributed by atoms with Gasteiger partial charge in [0.2, 0.25) is 0 Å². The topological polar surface area (TPSA) is 12.9 Å². The van der Waals surface area contributed by atoms with E-state index in [2.05, 4.69) is 34.5 Å². The molecule has 1 aromatic rings. The van der Waals surface area contributed by atoms with E-state index in [-0.39, 0.29) is 0 Å². The van der Waals surface area contributed by atoms with E-state index in [1.807, 2.05) is 11.6 Å². The SMILES string of the molecule is CC(I)c1nccs1. The van der Waals surface area contributed by atoms with Crippen molar-refractivity contribution in [3.05, 3.63) is 16.6 Å². The monoisotopic (exact) mass is 239 g/mol. The van der Waals surface area contributed by atoms with E-state index < -0.39 is 0 Å². The molecule has 0 aliphatic heterocycles. The van der Waals surface area contributed by atoms with Crippen molar-refractivity contribution in [2.24, 2.45) is 0 Å². The van der Waals surface area contributed by atoms with Crippen LogP contribution in [0, 0.1) is 0 Å². The van der Waals surface area contributed by atoms with Gasteiger partial charge in [-0.15, -0.1) is 11.3 Å². The van der Waals surface area contributed by atoms with Gasteiger partial charge < -0.3 is 0 Å². The molecule has 1 unspecified atom stereocenters. The maximum absolute atomic E-state index is 4.13.